The average Bonchev–Trinajstić information content (AvgIpc) is 2.54. The SMILES string of the molecule is CS(=O)(=O)c1ccc([S@@](=O)CC(=O)Oc2ccccc2)c([N+](=O)[O-])c1. The summed E-state index contributed by atoms with van der Waals surface area (Å²) >= 11 is 0. The van der Waals surface area contributed by atoms with Gasteiger partial charge in [0.15, 0.2) is 9.84 Å². The molecule has 0 amide bonds. The number of ether oxygens (including phenoxy) is 1. The first-order valence-corrected chi connectivity index (χ1v) is 10.0. The molecule has 1 atom stereocenters. The Labute approximate surface area is 146 Å². The van der Waals surface area contributed by atoms with Gasteiger partial charge in [-0.1, -0.05) is 18.2 Å². The van der Waals surface area contributed by atoms with E-state index in [1.54, 1.807) is 18.2 Å². The molecule has 0 aliphatic heterocycles. The van der Waals surface area contributed by atoms with E-state index in [1.807, 2.05) is 0 Å². The van der Waals surface area contributed by atoms with Crippen LogP contribution in [0.4, 0.5) is 5.69 Å². The van der Waals surface area contributed by atoms with Crippen molar-refractivity contribution >= 4 is 32.3 Å². The summed E-state index contributed by atoms with van der Waals surface area (Å²) in [5, 5.41) is 11.1. The van der Waals surface area contributed by atoms with Crippen molar-refractivity contribution in [2.45, 2.75) is 9.79 Å². The summed E-state index contributed by atoms with van der Waals surface area (Å²) in [5.41, 5.74) is -0.631. The van der Waals surface area contributed by atoms with Crippen LogP contribution in [0.3, 0.4) is 0 Å². The Balaban J connectivity index is 2.24. The molecule has 0 saturated heterocycles. The van der Waals surface area contributed by atoms with Crippen LogP contribution in [-0.2, 0) is 25.4 Å². The first-order chi connectivity index (χ1) is 11.7. The summed E-state index contributed by atoms with van der Waals surface area (Å²) in [5.74, 6) is -1.18. The quantitative estimate of drug-likeness (QED) is 0.322. The lowest BCUT2D eigenvalue weighted by Gasteiger charge is -2.06. The molecular weight excluding hydrogens is 370 g/mol. The van der Waals surface area contributed by atoms with Gasteiger partial charge in [0.05, 0.1) is 20.6 Å². The van der Waals surface area contributed by atoms with E-state index in [0.717, 1.165) is 24.5 Å². The lowest BCUT2D eigenvalue weighted by molar-refractivity contribution is -0.388. The van der Waals surface area contributed by atoms with Gasteiger partial charge in [-0.15, -0.1) is 0 Å². The molecule has 25 heavy (non-hydrogen) atoms. The van der Waals surface area contributed by atoms with Crippen LogP contribution in [-0.4, -0.2) is 35.5 Å². The number of sulfone groups is 1. The lowest BCUT2D eigenvalue weighted by atomic mass is 10.3. The van der Waals surface area contributed by atoms with E-state index in [1.165, 1.54) is 12.1 Å². The third kappa shape index (κ3) is 4.94. The normalized spacial score (nSPS) is 12.4. The Morgan fingerprint density at radius 2 is 1.84 bits per heavy atom. The molecule has 8 nitrogen and oxygen atoms in total. The van der Waals surface area contributed by atoms with E-state index in [-0.39, 0.29) is 15.5 Å². The molecule has 0 spiro atoms. The van der Waals surface area contributed by atoms with Crippen molar-refractivity contribution in [2.75, 3.05) is 12.0 Å². The van der Waals surface area contributed by atoms with Crippen molar-refractivity contribution < 1.29 is 27.1 Å². The average molecular weight is 383 g/mol. The third-order valence-electron chi connectivity index (χ3n) is 3.02. The Morgan fingerprint density at radius 1 is 1.20 bits per heavy atom. The summed E-state index contributed by atoms with van der Waals surface area (Å²) in [7, 11) is -5.73. The van der Waals surface area contributed by atoms with Crippen molar-refractivity contribution in [1.82, 2.24) is 0 Å². The zero-order valence-corrected chi connectivity index (χ0v) is 14.6. The maximum absolute atomic E-state index is 12.3. The van der Waals surface area contributed by atoms with Gasteiger partial charge in [0, 0.05) is 12.3 Å². The Kier molecular flexibility index (Phi) is 5.65. The zero-order valence-electron chi connectivity index (χ0n) is 12.9. The fourth-order valence-electron chi connectivity index (χ4n) is 1.90. The maximum atomic E-state index is 12.3. The summed E-state index contributed by atoms with van der Waals surface area (Å²) in [6.07, 6.45) is 0.903. The Bertz CT molecular complexity index is 940. The minimum absolute atomic E-state index is 0.248. The monoisotopic (exact) mass is 383 g/mol. The van der Waals surface area contributed by atoms with Crippen LogP contribution in [0.15, 0.2) is 58.3 Å². The van der Waals surface area contributed by atoms with Gasteiger partial charge in [-0.05, 0) is 24.3 Å². The van der Waals surface area contributed by atoms with E-state index in [9.17, 15) is 27.5 Å². The third-order valence-corrected chi connectivity index (χ3v) is 5.47. The molecule has 0 aliphatic rings. The van der Waals surface area contributed by atoms with Crippen molar-refractivity contribution in [2.24, 2.45) is 0 Å². The van der Waals surface area contributed by atoms with Crippen molar-refractivity contribution in [1.29, 1.82) is 0 Å². The molecule has 0 unspecified atom stereocenters. The number of nitro benzene ring substituents is 1. The van der Waals surface area contributed by atoms with Gasteiger partial charge in [-0.25, -0.2) is 8.42 Å². The summed E-state index contributed by atoms with van der Waals surface area (Å²) < 4.78 is 40.3. The van der Waals surface area contributed by atoms with Gasteiger partial charge in [0.1, 0.15) is 16.4 Å². The van der Waals surface area contributed by atoms with E-state index in [2.05, 4.69) is 0 Å². The number of benzene rings is 2. The van der Waals surface area contributed by atoms with E-state index in [4.69, 9.17) is 4.74 Å². The molecule has 0 saturated carbocycles. The second-order valence-corrected chi connectivity index (χ2v) is 8.37. The van der Waals surface area contributed by atoms with Gasteiger partial charge in [-0.3, -0.25) is 19.1 Å². The molecule has 0 aromatic heterocycles. The number of nitro groups is 1. The van der Waals surface area contributed by atoms with Crippen molar-refractivity contribution in [3.8, 4) is 5.75 Å². The smallest absolute Gasteiger partial charge is 0.324 e. The van der Waals surface area contributed by atoms with Gasteiger partial charge < -0.3 is 4.74 Å². The number of para-hydroxylation sites is 1. The number of rotatable bonds is 6. The number of esters is 1. The molecule has 0 fully saturated rings. The molecule has 0 radical (unpaired) electrons. The first-order valence-electron chi connectivity index (χ1n) is 6.81. The molecule has 0 aliphatic carbocycles. The maximum Gasteiger partial charge on any atom is 0.324 e. The second-order valence-electron chi connectivity index (χ2n) is 4.94. The Hall–Kier alpha value is -2.59. The summed E-state index contributed by atoms with van der Waals surface area (Å²) in [6.45, 7) is 0. The number of hydrogen-bond acceptors (Lipinski definition) is 7. The van der Waals surface area contributed by atoms with Crippen molar-refractivity contribution in [3.05, 3.63) is 58.6 Å². The Morgan fingerprint density at radius 3 is 2.40 bits per heavy atom. The van der Waals surface area contributed by atoms with Crippen LogP contribution in [0.2, 0.25) is 0 Å². The largest absolute Gasteiger partial charge is 0.426 e. The van der Waals surface area contributed by atoms with E-state index < -0.39 is 43.0 Å². The van der Waals surface area contributed by atoms with Crippen LogP contribution in [0.25, 0.3) is 0 Å². The second kappa shape index (κ2) is 7.53. The molecule has 2 rings (SSSR count). The van der Waals surface area contributed by atoms with E-state index >= 15 is 0 Å². The highest BCUT2D eigenvalue weighted by molar-refractivity contribution is 7.90. The summed E-state index contributed by atoms with van der Waals surface area (Å²) in [4.78, 5) is 21.6. The predicted molar refractivity (Wildman–Crippen MR) is 89.6 cm³/mol. The molecule has 0 N–H and O–H groups in total. The first kappa shape index (κ1) is 18.7. The van der Waals surface area contributed by atoms with Gasteiger partial charge in [0.2, 0.25) is 0 Å². The number of carbonyl (C=O) groups excluding carboxylic acids is 1. The van der Waals surface area contributed by atoms with Crippen LogP contribution < -0.4 is 4.74 Å². The molecule has 2 aromatic carbocycles. The minimum Gasteiger partial charge on any atom is -0.426 e. The number of carbonyl (C=O) groups is 1. The van der Waals surface area contributed by atoms with Gasteiger partial charge in [-0.2, -0.15) is 0 Å². The highest BCUT2D eigenvalue weighted by atomic mass is 32.2. The van der Waals surface area contributed by atoms with Crippen LogP contribution in [0, 0.1) is 10.1 Å². The number of nitrogens with zero attached hydrogens (tertiary/aromatic N) is 1. The van der Waals surface area contributed by atoms with E-state index in [0.29, 0.717) is 0 Å². The van der Waals surface area contributed by atoms with Crippen LogP contribution >= 0.6 is 0 Å². The van der Waals surface area contributed by atoms with Crippen LogP contribution in [0.1, 0.15) is 0 Å². The fourth-order valence-corrected chi connectivity index (χ4v) is 3.55. The molecular formula is C15H13NO7S2. The molecule has 0 bridgehead atoms. The number of hydrogen-bond donors (Lipinski definition) is 0. The highest BCUT2D eigenvalue weighted by Crippen LogP contribution is 2.26. The molecule has 132 valence electrons. The van der Waals surface area contributed by atoms with Gasteiger partial charge >= 0.3 is 5.97 Å². The highest BCUT2D eigenvalue weighted by Gasteiger charge is 2.24. The molecule has 0 heterocycles. The topological polar surface area (TPSA) is 121 Å². The molecule has 10 heteroatoms. The minimum atomic E-state index is -3.66. The summed E-state index contributed by atoms with van der Waals surface area (Å²) in [6, 6.07) is 11.1. The van der Waals surface area contributed by atoms with Crippen molar-refractivity contribution in [3.63, 3.8) is 0 Å². The fraction of sp³-hybridized carbons (Fsp3) is 0.133. The lowest BCUT2D eigenvalue weighted by Crippen LogP contribution is -2.17. The predicted octanol–water partition coefficient (Wildman–Crippen LogP) is 1.71. The standard InChI is InChI=1S/C15H13NO7S2/c1-25(21,22)12-7-8-14(13(9-12)16(18)19)24(20)10-15(17)23-11-5-3-2-4-6-11/h2-9H,10H2,1H3/t24-/m0/s1. The molecule has 2 aromatic rings. The van der Waals surface area contributed by atoms with Gasteiger partial charge in [0.25, 0.3) is 5.69 Å². The van der Waals surface area contributed by atoms with Crippen LogP contribution in [0.5, 0.6) is 5.75 Å². The zero-order chi connectivity index (χ0) is 18.6.